The highest BCUT2D eigenvalue weighted by Crippen LogP contribution is 2.20. The first kappa shape index (κ1) is 17.0. The summed E-state index contributed by atoms with van der Waals surface area (Å²) in [5.41, 5.74) is 1.93. The zero-order valence-electron chi connectivity index (χ0n) is 13.3. The van der Waals surface area contributed by atoms with Crippen LogP contribution >= 0.6 is 0 Å². The number of carbonyl (C=O) groups excluding carboxylic acids is 1. The lowest BCUT2D eigenvalue weighted by Gasteiger charge is -2.11. The summed E-state index contributed by atoms with van der Waals surface area (Å²) in [6, 6.07) is 13.2. The fraction of sp³-hybridized carbons (Fsp3) is 0.235. The van der Waals surface area contributed by atoms with Crippen LogP contribution in [0.2, 0.25) is 0 Å². The Morgan fingerprint density at radius 3 is 2.22 bits per heavy atom. The third-order valence-corrected chi connectivity index (χ3v) is 4.64. The molecule has 2 rings (SSSR count). The van der Waals surface area contributed by atoms with E-state index in [1.807, 2.05) is 6.92 Å². The van der Waals surface area contributed by atoms with Crippen molar-refractivity contribution in [2.75, 3.05) is 10.0 Å². The predicted molar refractivity (Wildman–Crippen MR) is 91.9 cm³/mol. The van der Waals surface area contributed by atoms with Gasteiger partial charge in [0.2, 0.25) is 5.91 Å². The first-order valence-electron chi connectivity index (χ1n) is 7.28. The van der Waals surface area contributed by atoms with E-state index in [0.717, 1.165) is 5.56 Å². The van der Waals surface area contributed by atoms with Crippen molar-refractivity contribution in [3.8, 4) is 0 Å². The van der Waals surface area contributed by atoms with Crippen LogP contribution in [-0.2, 0) is 14.8 Å². The fourth-order valence-electron chi connectivity index (χ4n) is 1.88. The van der Waals surface area contributed by atoms with E-state index in [9.17, 15) is 13.2 Å². The number of carbonyl (C=O) groups is 1. The second kappa shape index (κ2) is 6.83. The third kappa shape index (κ3) is 4.56. The van der Waals surface area contributed by atoms with E-state index in [1.165, 1.54) is 0 Å². The normalized spacial score (nSPS) is 11.3. The summed E-state index contributed by atoms with van der Waals surface area (Å²) in [7, 11) is -3.65. The lowest BCUT2D eigenvalue weighted by Crippen LogP contribution is -2.18. The van der Waals surface area contributed by atoms with Crippen molar-refractivity contribution in [2.45, 2.75) is 25.7 Å². The Bertz CT molecular complexity index is 797. The van der Waals surface area contributed by atoms with E-state index in [0.29, 0.717) is 11.4 Å². The molecule has 0 radical (unpaired) electrons. The Labute approximate surface area is 136 Å². The number of rotatable bonds is 5. The Hall–Kier alpha value is -2.34. The molecule has 122 valence electrons. The molecule has 0 aliphatic heterocycles. The summed E-state index contributed by atoms with van der Waals surface area (Å²) in [4.78, 5) is 11.9. The molecule has 0 saturated carbocycles. The first-order valence-corrected chi connectivity index (χ1v) is 8.76. The Balaban J connectivity index is 2.19. The van der Waals surface area contributed by atoms with Gasteiger partial charge in [-0.25, -0.2) is 8.42 Å². The summed E-state index contributed by atoms with van der Waals surface area (Å²) in [6.45, 7) is 5.48. The average molecular weight is 332 g/mol. The van der Waals surface area contributed by atoms with Gasteiger partial charge >= 0.3 is 0 Å². The van der Waals surface area contributed by atoms with Crippen LogP contribution in [0.5, 0.6) is 0 Å². The van der Waals surface area contributed by atoms with Crippen molar-refractivity contribution in [1.29, 1.82) is 0 Å². The van der Waals surface area contributed by atoms with Gasteiger partial charge in [0.25, 0.3) is 10.0 Å². The standard InChI is InChI=1S/C17H20N2O3S/c1-12(2)17(20)18-14-5-4-6-15(11-14)19-23(21,22)16-9-7-13(3)8-10-16/h4-12,19H,1-3H3,(H,18,20). The lowest BCUT2D eigenvalue weighted by molar-refractivity contribution is -0.118. The van der Waals surface area contributed by atoms with Gasteiger partial charge in [-0.1, -0.05) is 37.6 Å². The number of aryl methyl sites for hydroxylation is 1. The number of hydrogen-bond donors (Lipinski definition) is 2. The van der Waals surface area contributed by atoms with Gasteiger partial charge in [-0.05, 0) is 37.3 Å². The summed E-state index contributed by atoms with van der Waals surface area (Å²) >= 11 is 0. The summed E-state index contributed by atoms with van der Waals surface area (Å²) < 4.78 is 27.2. The molecule has 0 atom stereocenters. The number of sulfonamides is 1. The molecule has 0 unspecified atom stereocenters. The molecular weight excluding hydrogens is 312 g/mol. The molecule has 0 heterocycles. The molecule has 0 aliphatic rings. The maximum atomic E-state index is 12.4. The molecule has 1 amide bonds. The van der Waals surface area contributed by atoms with Gasteiger partial charge in [0.15, 0.2) is 0 Å². The van der Waals surface area contributed by atoms with E-state index in [-0.39, 0.29) is 16.7 Å². The van der Waals surface area contributed by atoms with Crippen molar-refractivity contribution in [1.82, 2.24) is 0 Å². The molecule has 23 heavy (non-hydrogen) atoms. The number of benzene rings is 2. The van der Waals surface area contributed by atoms with E-state index in [4.69, 9.17) is 0 Å². The van der Waals surface area contributed by atoms with Crippen LogP contribution in [0.25, 0.3) is 0 Å². The Kier molecular flexibility index (Phi) is 5.05. The second-order valence-corrected chi connectivity index (χ2v) is 7.33. The number of nitrogens with one attached hydrogen (secondary N) is 2. The van der Waals surface area contributed by atoms with Gasteiger partial charge in [-0.15, -0.1) is 0 Å². The van der Waals surface area contributed by atoms with Gasteiger partial charge < -0.3 is 5.32 Å². The van der Waals surface area contributed by atoms with E-state index in [1.54, 1.807) is 62.4 Å². The number of anilines is 2. The molecule has 2 aromatic rings. The quantitative estimate of drug-likeness (QED) is 0.881. The molecule has 6 heteroatoms. The highest BCUT2D eigenvalue weighted by molar-refractivity contribution is 7.92. The van der Waals surface area contributed by atoms with Crippen LogP contribution in [0.15, 0.2) is 53.4 Å². The van der Waals surface area contributed by atoms with Crippen LogP contribution < -0.4 is 10.0 Å². The monoisotopic (exact) mass is 332 g/mol. The minimum atomic E-state index is -3.65. The molecule has 0 aromatic heterocycles. The molecule has 0 aliphatic carbocycles. The Morgan fingerprint density at radius 1 is 1.00 bits per heavy atom. The zero-order chi connectivity index (χ0) is 17.0. The van der Waals surface area contributed by atoms with Crippen LogP contribution in [0.4, 0.5) is 11.4 Å². The first-order chi connectivity index (χ1) is 10.8. The van der Waals surface area contributed by atoms with Gasteiger partial charge in [-0.2, -0.15) is 0 Å². The molecule has 0 spiro atoms. The van der Waals surface area contributed by atoms with Gasteiger partial charge in [0.1, 0.15) is 0 Å². The SMILES string of the molecule is Cc1ccc(S(=O)(=O)Nc2cccc(NC(=O)C(C)C)c2)cc1. The van der Waals surface area contributed by atoms with E-state index >= 15 is 0 Å². The van der Waals surface area contributed by atoms with E-state index in [2.05, 4.69) is 10.0 Å². The maximum absolute atomic E-state index is 12.4. The number of amides is 1. The van der Waals surface area contributed by atoms with Crippen molar-refractivity contribution < 1.29 is 13.2 Å². The smallest absolute Gasteiger partial charge is 0.261 e. The minimum absolute atomic E-state index is 0.122. The van der Waals surface area contributed by atoms with Crippen LogP contribution in [0.3, 0.4) is 0 Å². The molecule has 0 saturated heterocycles. The predicted octanol–water partition coefficient (Wildman–Crippen LogP) is 3.39. The molecule has 0 fully saturated rings. The molecule has 5 nitrogen and oxygen atoms in total. The van der Waals surface area contributed by atoms with Crippen LogP contribution in [0.1, 0.15) is 19.4 Å². The second-order valence-electron chi connectivity index (χ2n) is 5.64. The maximum Gasteiger partial charge on any atom is 0.261 e. The fourth-order valence-corrected chi connectivity index (χ4v) is 2.93. The Morgan fingerprint density at radius 2 is 1.61 bits per heavy atom. The third-order valence-electron chi connectivity index (χ3n) is 3.24. The zero-order valence-corrected chi connectivity index (χ0v) is 14.1. The number of hydrogen-bond acceptors (Lipinski definition) is 3. The summed E-state index contributed by atoms with van der Waals surface area (Å²) in [6.07, 6.45) is 0. The molecule has 2 aromatic carbocycles. The van der Waals surface area contributed by atoms with Crippen molar-refractivity contribution in [3.05, 3.63) is 54.1 Å². The molecular formula is C17H20N2O3S. The van der Waals surface area contributed by atoms with Crippen molar-refractivity contribution >= 4 is 27.3 Å². The van der Waals surface area contributed by atoms with Crippen LogP contribution in [0, 0.1) is 12.8 Å². The largest absolute Gasteiger partial charge is 0.326 e. The van der Waals surface area contributed by atoms with Gasteiger partial charge in [0, 0.05) is 11.6 Å². The lowest BCUT2D eigenvalue weighted by atomic mass is 10.2. The van der Waals surface area contributed by atoms with Gasteiger partial charge in [-0.3, -0.25) is 9.52 Å². The highest BCUT2D eigenvalue weighted by atomic mass is 32.2. The van der Waals surface area contributed by atoms with Gasteiger partial charge in [0.05, 0.1) is 10.6 Å². The average Bonchev–Trinajstić information content (AvgIpc) is 2.47. The van der Waals surface area contributed by atoms with Crippen molar-refractivity contribution in [2.24, 2.45) is 5.92 Å². The summed E-state index contributed by atoms with van der Waals surface area (Å²) in [5.74, 6) is -0.272. The van der Waals surface area contributed by atoms with Crippen LogP contribution in [-0.4, -0.2) is 14.3 Å². The summed E-state index contributed by atoms with van der Waals surface area (Å²) in [5, 5.41) is 2.74. The molecule has 0 bridgehead atoms. The van der Waals surface area contributed by atoms with Crippen molar-refractivity contribution in [3.63, 3.8) is 0 Å². The minimum Gasteiger partial charge on any atom is -0.326 e. The highest BCUT2D eigenvalue weighted by Gasteiger charge is 2.14. The molecule has 2 N–H and O–H groups in total. The van der Waals surface area contributed by atoms with E-state index < -0.39 is 10.0 Å². The topological polar surface area (TPSA) is 75.3 Å².